The van der Waals surface area contributed by atoms with Gasteiger partial charge in [-0.1, -0.05) is 12.1 Å². The zero-order valence-electron chi connectivity index (χ0n) is 17.3. The Labute approximate surface area is 185 Å². The molecule has 0 saturated heterocycles. The van der Waals surface area contributed by atoms with Crippen LogP contribution >= 0.6 is 0 Å². The number of benzene rings is 3. The van der Waals surface area contributed by atoms with Gasteiger partial charge in [-0.25, -0.2) is 8.78 Å². The van der Waals surface area contributed by atoms with E-state index in [0.29, 0.717) is 34.9 Å². The number of ether oxygens (including phenoxy) is 2. The van der Waals surface area contributed by atoms with E-state index in [0.717, 1.165) is 23.3 Å². The molecular formula is C24H21ClF3NO2. The fourth-order valence-corrected chi connectivity index (χ4v) is 4.01. The van der Waals surface area contributed by atoms with Crippen LogP contribution in [0.2, 0.25) is 0 Å². The Morgan fingerprint density at radius 3 is 2.16 bits per heavy atom. The Kier molecular flexibility index (Phi) is 6.60. The van der Waals surface area contributed by atoms with E-state index in [2.05, 4.69) is 0 Å². The first-order valence-electron chi connectivity index (χ1n) is 9.56. The maximum Gasteiger partial charge on any atom is 0.242 e. The SMILES string of the molecule is COc1cc2c(cc1OC)C(c1ccc(F)c(F)c1)=[N+](c1ccccc1F)C(C)C2.[Cl-]. The van der Waals surface area contributed by atoms with Crippen LogP contribution in [0.15, 0.2) is 54.6 Å². The van der Waals surface area contributed by atoms with E-state index < -0.39 is 17.5 Å². The lowest BCUT2D eigenvalue weighted by Crippen LogP contribution is -3.00. The minimum Gasteiger partial charge on any atom is -1.00 e. The summed E-state index contributed by atoms with van der Waals surface area (Å²) in [7, 11) is 3.09. The fourth-order valence-electron chi connectivity index (χ4n) is 4.01. The molecule has 1 aliphatic heterocycles. The van der Waals surface area contributed by atoms with Crippen molar-refractivity contribution >= 4 is 11.4 Å². The van der Waals surface area contributed by atoms with Crippen molar-refractivity contribution in [2.75, 3.05) is 14.2 Å². The maximum absolute atomic E-state index is 14.8. The van der Waals surface area contributed by atoms with Crippen LogP contribution in [0.1, 0.15) is 23.6 Å². The molecule has 3 aromatic rings. The maximum atomic E-state index is 14.8. The number of para-hydroxylation sites is 1. The Morgan fingerprint density at radius 1 is 0.839 bits per heavy atom. The third kappa shape index (κ3) is 4.00. The lowest BCUT2D eigenvalue weighted by molar-refractivity contribution is -0.483. The predicted octanol–water partition coefficient (Wildman–Crippen LogP) is 2.25. The topological polar surface area (TPSA) is 21.5 Å². The molecular weight excluding hydrogens is 427 g/mol. The van der Waals surface area contributed by atoms with Crippen molar-refractivity contribution in [3.8, 4) is 11.5 Å². The van der Waals surface area contributed by atoms with Crippen molar-refractivity contribution in [2.45, 2.75) is 19.4 Å². The van der Waals surface area contributed by atoms with E-state index in [1.165, 1.54) is 19.2 Å². The quantitative estimate of drug-likeness (QED) is 0.572. The van der Waals surface area contributed by atoms with Crippen molar-refractivity contribution in [3.63, 3.8) is 0 Å². The van der Waals surface area contributed by atoms with Crippen LogP contribution in [0, 0.1) is 17.5 Å². The molecule has 0 fully saturated rings. The molecule has 31 heavy (non-hydrogen) atoms. The lowest BCUT2D eigenvalue weighted by atomic mass is 9.88. The van der Waals surface area contributed by atoms with E-state index in [1.807, 2.05) is 17.6 Å². The first-order chi connectivity index (χ1) is 14.4. The summed E-state index contributed by atoms with van der Waals surface area (Å²) >= 11 is 0. The summed E-state index contributed by atoms with van der Waals surface area (Å²) in [6.07, 6.45) is 0.608. The van der Waals surface area contributed by atoms with Gasteiger partial charge in [-0.05, 0) is 48.9 Å². The van der Waals surface area contributed by atoms with Gasteiger partial charge in [0, 0.05) is 18.1 Å². The Balaban J connectivity index is 0.00000272. The fraction of sp³-hybridized carbons (Fsp3) is 0.208. The van der Waals surface area contributed by atoms with Gasteiger partial charge < -0.3 is 21.9 Å². The molecule has 1 aliphatic rings. The molecule has 0 aromatic heterocycles. The molecule has 0 saturated carbocycles. The molecule has 1 atom stereocenters. The number of methoxy groups -OCH3 is 2. The highest BCUT2D eigenvalue weighted by molar-refractivity contribution is 6.12. The van der Waals surface area contributed by atoms with Crippen molar-refractivity contribution in [3.05, 3.63) is 88.7 Å². The first-order valence-corrected chi connectivity index (χ1v) is 9.56. The molecule has 1 heterocycles. The largest absolute Gasteiger partial charge is 1.00 e. The second-order valence-electron chi connectivity index (χ2n) is 7.22. The minimum absolute atomic E-state index is 0. The van der Waals surface area contributed by atoms with E-state index in [-0.39, 0.29) is 18.4 Å². The summed E-state index contributed by atoms with van der Waals surface area (Å²) in [6.45, 7) is 1.96. The summed E-state index contributed by atoms with van der Waals surface area (Å²) in [5.74, 6) is -1.22. The standard InChI is InChI=1S/C24H21F3NO2.ClH/c1-14-10-16-12-22(29-2)23(30-3)13-17(16)24(15-8-9-18(25)20(27)11-15)28(14)21-7-5-4-6-19(21)26;/h4-9,11-14H,10H2,1-3H3;1H/q+1;/p-1. The van der Waals surface area contributed by atoms with Gasteiger partial charge in [0.2, 0.25) is 11.4 Å². The van der Waals surface area contributed by atoms with Gasteiger partial charge in [0.05, 0.1) is 19.8 Å². The van der Waals surface area contributed by atoms with Gasteiger partial charge in [0.15, 0.2) is 35.0 Å². The molecule has 0 radical (unpaired) electrons. The van der Waals surface area contributed by atoms with Gasteiger partial charge in [-0.2, -0.15) is 8.97 Å². The van der Waals surface area contributed by atoms with Crippen LogP contribution in [-0.4, -0.2) is 30.5 Å². The van der Waals surface area contributed by atoms with Crippen LogP contribution in [-0.2, 0) is 6.42 Å². The van der Waals surface area contributed by atoms with Crippen LogP contribution in [0.3, 0.4) is 0 Å². The van der Waals surface area contributed by atoms with Gasteiger partial charge in [0.25, 0.3) is 0 Å². The second kappa shape index (κ2) is 9.02. The normalized spacial score (nSPS) is 15.2. The van der Waals surface area contributed by atoms with E-state index in [4.69, 9.17) is 9.47 Å². The van der Waals surface area contributed by atoms with Crippen molar-refractivity contribution in [1.29, 1.82) is 0 Å². The van der Waals surface area contributed by atoms with E-state index >= 15 is 0 Å². The number of halogens is 4. The van der Waals surface area contributed by atoms with E-state index in [9.17, 15) is 13.2 Å². The molecule has 3 aromatic carbocycles. The summed E-state index contributed by atoms with van der Waals surface area (Å²) in [5, 5.41) is 0. The van der Waals surface area contributed by atoms with Crippen molar-refractivity contribution < 1.29 is 39.6 Å². The Morgan fingerprint density at radius 2 is 1.52 bits per heavy atom. The molecule has 0 aliphatic carbocycles. The first kappa shape index (κ1) is 22.7. The molecule has 0 amide bonds. The smallest absolute Gasteiger partial charge is 0.242 e. The van der Waals surface area contributed by atoms with Crippen LogP contribution < -0.4 is 21.9 Å². The molecule has 7 heteroatoms. The Bertz CT molecular complexity index is 1160. The number of hydrogen-bond donors (Lipinski definition) is 0. The highest BCUT2D eigenvalue weighted by atomic mass is 35.5. The second-order valence-corrected chi connectivity index (χ2v) is 7.22. The van der Waals surface area contributed by atoms with Gasteiger partial charge in [-0.15, -0.1) is 0 Å². The van der Waals surface area contributed by atoms with Gasteiger partial charge >= 0.3 is 0 Å². The monoisotopic (exact) mass is 447 g/mol. The highest BCUT2D eigenvalue weighted by Crippen LogP contribution is 2.37. The average molecular weight is 448 g/mol. The summed E-state index contributed by atoms with van der Waals surface area (Å²) < 4.78 is 55.3. The molecule has 0 bridgehead atoms. The van der Waals surface area contributed by atoms with Gasteiger partial charge in [-0.3, -0.25) is 0 Å². The number of nitrogens with zero attached hydrogens (tertiary/aromatic N) is 1. The zero-order valence-corrected chi connectivity index (χ0v) is 18.0. The van der Waals surface area contributed by atoms with Crippen LogP contribution in [0.5, 0.6) is 11.5 Å². The van der Waals surface area contributed by atoms with Crippen molar-refractivity contribution in [1.82, 2.24) is 0 Å². The zero-order chi connectivity index (χ0) is 21.4. The minimum atomic E-state index is -0.964. The van der Waals surface area contributed by atoms with E-state index in [1.54, 1.807) is 31.4 Å². The summed E-state index contributed by atoms with van der Waals surface area (Å²) in [5.41, 5.74) is 3.09. The highest BCUT2D eigenvalue weighted by Gasteiger charge is 2.36. The lowest BCUT2D eigenvalue weighted by Gasteiger charge is -2.25. The molecule has 0 spiro atoms. The molecule has 0 N–H and O–H groups in total. The molecule has 3 nitrogen and oxygen atoms in total. The summed E-state index contributed by atoms with van der Waals surface area (Å²) in [6, 6.07) is 13.7. The van der Waals surface area contributed by atoms with Crippen LogP contribution in [0.4, 0.5) is 18.9 Å². The Hall–Kier alpha value is -2.99. The predicted molar refractivity (Wildman–Crippen MR) is 109 cm³/mol. The molecule has 162 valence electrons. The number of fused-ring (bicyclic) bond motifs is 1. The summed E-state index contributed by atoms with van der Waals surface area (Å²) in [4.78, 5) is 0. The van der Waals surface area contributed by atoms with Gasteiger partial charge in [0.1, 0.15) is 0 Å². The van der Waals surface area contributed by atoms with Crippen LogP contribution in [0.25, 0.3) is 0 Å². The number of rotatable bonds is 4. The molecule has 1 unspecified atom stereocenters. The third-order valence-electron chi connectivity index (χ3n) is 5.37. The van der Waals surface area contributed by atoms with Crippen molar-refractivity contribution in [2.24, 2.45) is 0 Å². The third-order valence-corrected chi connectivity index (χ3v) is 5.37. The average Bonchev–Trinajstić information content (AvgIpc) is 2.74. The number of hydrogen-bond acceptors (Lipinski definition) is 2. The molecule has 4 rings (SSSR count).